The van der Waals surface area contributed by atoms with Gasteiger partial charge in [-0.3, -0.25) is 14.3 Å². The summed E-state index contributed by atoms with van der Waals surface area (Å²) >= 11 is 0. The van der Waals surface area contributed by atoms with Gasteiger partial charge in [-0.15, -0.1) is 0 Å². The fraction of sp³-hybridized carbons (Fsp3) is 0.375. The summed E-state index contributed by atoms with van der Waals surface area (Å²) in [6, 6.07) is 15.3. The molecule has 1 N–H and O–H groups in total. The van der Waals surface area contributed by atoms with Gasteiger partial charge in [0.05, 0.1) is 16.9 Å². The number of anilines is 1. The van der Waals surface area contributed by atoms with Crippen LogP contribution in [0, 0.1) is 0 Å². The van der Waals surface area contributed by atoms with Gasteiger partial charge in [-0.1, -0.05) is 31.2 Å². The molecule has 0 aliphatic carbocycles. The van der Waals surface area contributed by atoms with E-state index in [1.165, 1.54) is 5.56 Å². The minimum atomic E-state index is -0.0761. The zero-order chi connectivity index (χ0) is 22.0. The minimum absolute atomic E-state index is 0.0193. The highest BCUT2D eigenvalue weighted by atomic mass is 16.2. The van der Waals surface area contributed by atoms with Crippen LogP contribution < -0.4 is 10.9 Å². The van der Waals surface area contributed by atoms with Crippen LogP contribution in [0.25, 0.3) is 10.9 Å². The number of amides is 2. The Hall–Kier alpha value is -3.19. The number of piperazine rings is 1. The van der Waals surface area contributed by atoms with Gasteiger partial charge < -0.3 is 10.2 Å². The standard InChI is InChI=1S/C24H29N5O2/c1-4-18-9-11-19(12-10-18)25-24(31)29-15-13-28(14-16-29)17(2)22-26-21-8-6-5-7-20(21)23(30)27(22)3/h5-12,17H,4,13-16H2,1-3H3,(H,25,31). The van der Waals surface area contributed by atoms with E-state index in [4.69, 9.17) is 4.98 Å². The number of benzene rings is 2. The number of aryl methyl sites for hydroxylation is 1. The van der Waals surface area contributed by atoms with Gasteiger partial charge in [0.25, 0.3) is 5.56 Å². The number of aromatic nitrogens is 2. The van der Waals surface area contributed by atoms with Gasteiger partial charge in [-0.2, -0.15) is 0 Å². The van der Waals surface area contributed by atoms with Crippen molar-refractivity contribution in [2.24, 2.45) is 7.05 Å². The highest BCUT2D eigenvalue weighted by Crippen LogP contribution is 2.21. The van der Waals surface area contributed by atoms with Gasteiger partial charge in [-0.05, 0) is 43.2 Å². The molecule has 2 aromatic carbocycles. The van der Waals surface area contributed by atoms with Gasteiger partial charge in [-0.25, -0.2) is 9.78 Å². The van der Waals surface area contributed by atoms with Gasteiger partial charge in [0.1, 0.15) is 5.82 Å². The number of fused-ring (bicyclic) bond motifs is 1. The van der Waals surface area contributed by atoms with E-state index in [0.717, 1.165) is 36.5 Å². The van der Waals surface area contributed by atoms with Crippen molar-refractivity contribution < 1.29 is 4.79 Å². The van der Waals surface area contributed by atoms with Crippen LogP contribution in [-0.2, 0) is 13.5 Å². The second-order valence-electron chi connectivity index (χ2n) is 8.03. The summed E-state index contributed by atoms with van der Waals surface area (Å²) in [5, 5.41) is 3.62. The number of para-hydroxylation sites is 1. The number of carbonyl (C=O) groups excluding carboxylic acids is 1. The quantitative estimate of drug-likeness (QED) is 0.704. The first-order valence-corrected chi connectivity index (χ1v) is 10.8. The van der Waals surface area contributed by atoms with E-state index >= 15 is 0 Å². The number of hydrogen-bond donors (Lipinski definition) is 1. The summed E-state index contributed by atoms with van der Waals surface area (Å²) in [4.78, 5) is 34.3. The molecule has 1 aliphatic heterocycles. The smallest absolute Gasteiger partial charge is 0.321 e. The van der Waals surface area contributed by atoms with E-state index in [-0.39, 0.29) is 17.6 Å². The second-order valence-corrected chi connectivity index (χ2v) is 8.03. The first-order chi connectivity index (χ1) is 15.0. The highest BCUT2D eigenvalue weighted by Gasteiger charge is 2.27. The summed E-state index contributed by atoms with van der Waals surface area (Å²) in [7, 11) is 1.78. The van der Waals surface area contributed by atoms with E-state index < -0.39 is 0 Å². The zero-order valence-electron chi connectivity index (χ0n) is 18.3. The third kappa shape index (κ3) is 4.32. The molecule has 0 spiro atoms. The Labute approximate surface area is 182 Å². The third-order valence-corrected chi connectivity index (χ3v) is 6.15. The van der Waals surface area contributed by atoms with Crippen LogP contribution in [0.1, 0.15) is 31.3 Å². The van der Waals surface area contributed by atoms with Crippen molar-refractivity contribution >= 4 is 22.6 Å². The zero-order valence-corrected chi connectivity index (χ0v) is 18.3. The van der Waals surface area contributed by atoms with Crippen molar-refractivity contribution in [3.63, 3.8) is 0 Å². The molecule has 3 aromatic rings. The molecule has 7 nitrogen and oxygen atoms in total. The maximum absolute atomic E-state index is 12.7. The van der Waals surface area contributed by atoms with E-state index in [2.05, 4.69) is 24.1 Å². The lowest BCUT2D eigenvalue weighted by molar-refractivity contribution is 0.114. The van der Waals surface area contributed by atoms with Crippen molar-refractivity contribution in [2.45, 2.75) is 26.3 Å². The average molecular weight is 420 g/mol. The SMILES string of the molecule is CCc1ccc(NC(=O)N2CCN(C(C)c3nc4ccccc4c(=O)n3C)CC2)cc1. The predicted molar refractivity (Wildman–Crippen MR) is 123 cm³/mol. The van der Waals surface area contributed by atoms with Crippen molar-refractivity contribution in [1.82, 2.24) is 19.4 Å². The van der Waals surface area contributed by atoms with E-state index in [1.54, 1.807) is 11.6 Å². The summed E-state index contributed by atoms with van der Waals surface area (Å²) in [5.41, 5.74) is 2.75. The van der Waals surface area contributed by atoms with E-state index in [9.17, 15) is 9.59 Å². The van der Waals surface area contributed by atoms with Crippen LogP contribution in [0.3, 0.4) is 0 Å². The molecule has 2 amide bonds. The lowest BCUT2D eigenvalue weighted by Crippen LogP contribution is -2.51. The second kappa shape index (κ2) is 8.89. The Balaban J connectivity index is 1.41. The molecule has 1 atom stereocenters. The fourth-order valence-corrected chi connectivity index (χ4v) is 4.11. The normalized spacial score (nSPS) is 15.8. The average Bonchev–Trinajstić information content (AvgIpc) is 2.81. The number of rotatable bonds is 4. The molecular formula is C24H29N5O2. The Morgan fingerprint density at radius 2 is 1.74 bits per heavy atom. The largest absolute Gasteiger partial charge is 0.322 e. The van der Waals surface area contributed by atoms with Crippen molar-refractivity contribution in [3.05, 3.63) is 70.3 Å². The van der Waals surface area contributed by atoms with Crippen LogP contribution in [0.4, 0.5) is 10.5 Å². The molecule has 1 unspecified atom stereocenters. The summed E-state index contributed by atoms with van der Waals surface area (Å²) in [5.74, 6) is 0.748. The molecule has 7 heteroatoms. The molecule has 31 heavy (non-hydrogen) atoms. The summed E-state index contributed by atoms with van der Waals surface area (Å²) in [6.07, 6.45) is 0.978. The van der Waals surface area contributed by atoms with Gasteiger partial charge >= 0.3 is 6.03 Å². The molecule has 1 aliphatic rings. The van der Waals surface area contributed by atoms with Crippen LogP contribution in [0.5, 0.6) is 0 Å². The lowest BCUT2D eigenvalue weighted by atomic mass is 10.1. The Bertz CT molecular complexity index is 1130. The third-order valence-electron chi connectivity index (χ3n) is 6.15. The maximum atomic E-state index is 12.7. The van der Waals surface area contributed by atoms with Crippen LogP contribution in [0.2, 0.25) is 0 Å². The van der Waals surface area contributed by atoms with Crippen molar-refractivity contribution in [2.75, 3.05) is 31.5 Å². The molecular weight excluding hydrogens is 390 g/mol. The monoisotopic (exact) mass is 419 g/mol. The molecule has 0 saturated carbocycles. The molecule has 0 bridgehead atoms. The maximum Gasteiger partial charge on any atom is 0.321 e. The van der Waals surface area contributed by atoms with Gasteiger partial charge in [0.15, 0.2) is 0 Å². The first-order valence-electron chi connectivity index (χ1n) is 10.8. The lowest BCUT2D eigenvalue weighted by Gasteiger charge is -2.38. The van der Waals surface area contributed by atoms with E-state index in [1.807, 2.05) is 53.4 Å². The number of nitrogens with one attached hydrogen (secondary N) is 1. The Morgan fingerprint density at radius 3 is 2.42 bits per heavy atom. The van der Waals surface area contributed by atoms with Crippen LogP contribution in [-0.4, -0.2) is 51.6 Å². The van der Waals surface area contributed by atoms with Crippen LogP contribution in [0.15, 0.2) is 53.3 Å². The van der Waals surface area contributed by atoms with Crippen LogP contribution >= 0.6 is 0 Å². The van der Waals surface area contributed by atoms with Crippen molar-refractivity contribution in [3.8, 4) is 0 Å². The molecule has 0 radical (unpaired) electrons. The molecule has 2 heterocycles. The van der Waals surface area contributed by atoms with Crippen molar-refractivity contribution in [1.29, 1.82) is 0 Å². The summed E-state index contributed by atoms with van der Waals surface area (Å²) < 4.78 is 1.64. The summed E-state index contributed by atoms with van der Waals surface area (Å²) in [6.45, 7) is 6.90. The Morgan fingerprint density at radius 1 is 1.06 bits per heavy atom. The number of nitrogens with zero attached hydrogens (tertiary/aromatic N) is 4. The number of hydrogen-bond acceptors (Lipinski definition) is 4. The molecule has 162 valence electrons. The van der Waals surface area contributed by atoms with Gasteiger partial charge in [0.2, 0.25) is 0 Å². The number of urea groups is 1. The molecule has 1 aromatic heterocycles. The molecule has 4 rings (SSSR count). The van der Waals surface area contributed by atoms with Gasteiger partial charge in [0, 0.05) is 38.9 Å². The Kier molecular flexibility index (Phi) is 6.04. The first kappa shape index (κ1) is 21.1. The fourth-order valence-electron chi connectivity index (χ4n) is 4.11. The minimum Gasteiger partial charge on any atom is -0.322 e. The number of carbonyl (C=O) groups is 1. The highest BCUT2D eigenvalue weighted by molar-refractivity contribution is 5.89. The molecule has 1 fully saturated rings. The van der Waals surface area contributed by atoms with E-state index in [0.29, 0.717) is 18.5 Å². The molecule has 1 saturated heterocycles. The topological polar surface area (TPSA) is 70.5 Å². The predicted octanol–water partition coefficient (Wildman–Crippen LogP) is 3.41.